The fourth-order valence-corrected chi connectivity index (χ4v) is 0. The average Bonchev–Trinajstić information content (AvgIpc) is 1.41. The van der Waals surface area contributed by atoms with Crippen molar-refractivity contribution >= 4 is 17.7 Å². The number of halogens is 1. The summed E-state index contributed by atoms with van der Waals surface area (Å²) in [6.07, 6.45) is 0. The van der Waals surface area contributed by atoms with Gasteiger partial charge in [-0.15, -0.1) is 12.6 Å². The van der Waals surface area contributed by atoms with Crippen molar-refractivity contribution in [2.75, 3.05) is 7.18 Å². The third-order valence-corrected chi connectivity index (χ3v) is 0. The zero-order chi connectivity index (χ0) is 5.58. The molecule has 0 aromatic carbocycles. The number of thiol groups is 1. The van der Waals surface area contributed by atoms with E-state index in [1.54, 1.807) is 0 Å². The van der Waals surface area contributed by atoms with Gasteiger partial charge in [0, 0.05) is 6.92 Å². The van der Waals surface area contributed by atoms with Gasteiger partial charge in [-0.05, 0) is 0 Å². The molecule has 0 atom stereocenters. The van der Waals surface area contributed by atoms with Crippen molar-refractivity contribution in [3.8, 4) is 0 Å². The lowest BCUT2D eigenvalue weighted by Gasteiger charge is -1.55. The Labute approximate surface area is 42.0 Å². The van der Waals surface area contributed by atoms with E-state index >= 15 is 0 Å². The van der Waals surface area contributed by atoms with E-state index in [1.807, 2.05) is 0 Å². The van der Waals surface area contributed by atoms with Gasteiger partial charge < -0.3 is 0 Å². The summed E-state index contributed by atoms with van der Waals surface area (Å²) in [5.74, 6) is 0. The smallest absolute Gasteiger partial charge is 0.182 e. The number of carbonyl (C=O) groups excluding carboxylic acids is 1. The van der Waals surface area contributed by atoms with E-state index in [2.05, 4.69) is 12.6 Å². The first-order chi connectivity index (χ1) is 2.73. The van der Waals surface area contributed by atoms with E-state index in [1.165, 1.54) is 6.92 Å². The highest BCUT2D eigenvalue weighted by Crippen LogP contribution is 1.66. The summed E-state index contributed by atoms with van der Waals surface area (Å²) in [5.41, 5.74) is 0. The molecule has 0 saturated heterocycles. The molecule has 1 nitrogen and oxygen atoms in total. The normalized spacial score (nSPS) is 5.33. The molecule has 0 amide bonds. The van der Waals surface area contributed by atoms with E-state index in [-0.39, 0.29) is 5.12 Å². The number of carbonyl (C=O) groups is 1. The molecular weight excluding hydrogens is 103 g/mol. The van der Waals surface area contributed by atoms with Crippen LogP contribution >= 0.6 is 12.6 Å². The second kappa shape index (κ2) is 8.87. The van der Waals surface area contributed by atoms with E-state index in [0.717, 1.165) is 0 Å². The summed E-state index contributed by atoms with van der Waals surface area (Å²) in [4.78, 5) is 9.31. The minimum absolute atomic E-state index is 0.139. The molecule has 0 spiro atoms. The number of hydrogen-bond donors (Lipinski definition) is 1. The third kappa shape index (κ3) is 13700. The third-order valence-electron chi connectivity index (χ3n) is 0. The Morgan fingerprint density at radius 2 is 1.67 bits per heavy atom. The molecule has 0 aliphatic carbocycles. The van der Waals surface area contributed by atoms with Gasteiger partial charge in [-0.3, -0.25) is 9.18 Å². The van der Waals surface area contributed by atoms with Gasteiger partial charge in [-0.25, -0.2) is 0 Å². The first kappa shape index (κ1) is 9.34. The standard InChI is InChI=1S/C2H4OS.CH3F/c1-2(3)4;1-2/h1H3,(H,3,4);1H3. The Kier molecular flexibility index (Phi) is 13.8. The molecule has 0 aromatic rings. The van der Waals surface area contributed by atoms with Crippen LogP contribution in [0.4, 0.5) is 4.39 Å². The molecule has 0 aromatic heterocycles. The van der Waals surface area contributed by atoms with E-state index in [4.69, 9.17) is 0 Å². The Hall–Kier alpha value is -0.0500. The van der Waals surface area contributed by atoms with Crippen molar-refractivity contribution < 1.29 is 9.18 Å². The number of rotatable bonds is 0. The highest BCUT2D eigenvalue weighted by molar-refractivity contribution is 7.96. The molecule has 0 unspecified atom stereocenters. The van der Waals surface area contributed by atoms with Crippen molar-refractivity contribution in [1.82, 2.24) is 0 Å². The molecule has 38 valence electrons. The lowest BCUT2D eigenvalue weighted by Crippen LogP contribution is -1.62. The lowest BCUT2D eigenvalue weighted by molar-refractivity contribution is -0.108. The van der Waals surface area contributed by atoms with Gasteiger partial charge in [0.1, 0.15) is 0 Å². The van der Waals surface area contributed by atoms with Crippen molar-refractivity contribution in [3.63, 3.8) is 0 Å². The maximum absolute atomic E-state index is 9.50. The zero-order valence-electron chi connectivity index (χ0n) is 3.73. The minimum atomic E-state index is -0.139. The predicted molar refractivity (Wildman–Crippen MR) is 26.7 cm³/mol. The predicted octanol–water partition coefficient (Wildman–Crippen LogP) is 1.05. The van der Waals surface area contributed by atoms with Crippen LogP contribution in [0.2, 0.25) is 0 Å². The molecule has 0 aliphatic heterocycles. The molecular formula is C3H7FOS. The fraction of sp³-hybridized carbons (Fsp3) is 0.667. The monoisotopic (exact) mass is 110 g/mol. The van der Waals surface area contributed by atoms with Gasteiger partial charge >= 0.3 is 0 Å². The number of hydrogen-bond acceptors (Lipinski definition) is 1. The first-order valence-corrected chi connectivity index (χ1v) is 1.75. The van der Waals surface area contributed by atoms with Crippen LogP contribution in [0.15, 0.2) is 0 Å². The van der Waals surface area contributed by atoms with Crippen LogP contribution in [0.25, 0.3) is 0 Å². The van der Waals surface area contributed by atoms with Crippen LogP contribution < -0.4 is 0 Å². The largest absolute Gasteiger partial charge is 0.288 e. The average molecular weight is 110 g/mol. The Morgan fingerprint density at radius 1 is 1.67 bits per heavy atom. The molecule has 0 N–H and O–H groups in total. The molecule has 0 fully saturated rings. The van der Waals surface area contributed by atoms with Crippen molar-refractivity contribution in [2.24, 2.45) is 0 Å². The zero-order valence-corrected chi connectivity index (χ0v) is 4.63. The van der Waals surface area contributed by atoms with E-state index < -0.39 is 0 Å². The summed E-state index contributed by atoms with van der Waals surface area (Å²) < 4.78 is 9.50. The molecule has 0 radical (unpaired) electrons. The Balaban J connectivity index is 0. The molecule has 6 heavy (non-hydrogen) atoms. The van der Waals surface area contributed by atoms with Gasteiger partial charge in [0.2, 0.25) is 0 Å². The highest BCUT2D eigenvalue weighted by atomic mass is 32.1. The Bertz CT molecular complexity index is 33.8. The second-order valence-corrected chi connectivity index (χ2v) is 1.15. The van der Waals surface area contributed by atoms with Crippen LogP contribution in [0, 0.1) is 0 Å². The van der Waals surface area contributed by atoms with Gasteiger partial charge in [0.25, 0.3) is 0 Å². The second-order valence-electron chi connectivity index (χ2n) is 0.519. The molecule has 0 bridgehead atoms. The van der Waals surface area contributed by atoms with Crippen LogP contribution in [0.5, 0.6) is 0 Å². The van der Waals surface area contributed by atoms with Crippen molar-refractivity contribution in [2.45, 2.75) is 6.92 Å². The van der Waals surface area contributed by atoms with Crippen LogP contribution in [0.1, 0.15) is 6.92 Å². The summed E-state index contributed by atoms with van der Waals surface area (Å²) in [7, 11) is 0.500. The molecule has 0 aliphatic rings. The maximum atomic E-state index is 9.50. The maximum Gasteiger partial charge on any atom is 0.182 e. The van der Waals surface area contributed by atoms with Crippen LogP contribution in [-0.4, -0.2) is 12.3 Å². The molecule has 0 saturated carbocycles. The summed E-state index contributed by atoms with van der Waals surface area (Å²) in [6, 6.07) is 0. The summed E-state index contributed by atoms with van der Waals surface area (Å²) in [6.45, 7) is 1.39. The lowest BCUT2D eigenvalue weighted by atomic mass is 10.9. The van der Waals surface area contributed by atoms with Gasteiger partial charge in [0.15, 0.2) is 5.12 Å². The Morgan fingerprint density at radius 3 is 1.67 bits per heavy atom. The fourth-order valence-electron chi connectivity index (χ4n) is 0. The van der Waals surface area contributed by atoms with E-state index in [9.17, 15) is 9.18 Å². The SMILES string of the molecule is CC(=O)S.CF. The quantitative estimate of drug-likeness (QED) is 0.461. The van der Waals surface area contributed by atoms with Gasteiger partial charge in [-0.1, -0.05) is 0 Å². The topological polar surface area (TPSA) is 17.1 Å². The van der Waals surface area contributed by atoms with Gasteiger partial charge in [0.05, 0.1) is 7.18 Å². The van der Waals surface area contributed by atoms with Gasteiger partial charge in [-0.2, -0.15) is 0 Å². The summed E-state index contributed by atoms with van der Waals surface area (Å²) in [5, 5.41) is -0.139. The first-order valence-electron chi connectivity index (χ1n) is 1.31. The molecule has 0 rings (SSSR count). The molecule has 3 heteroatoms. The van der Waals surface area contributed by atoms with E-state index in [0.29, 0.717) is 7.18 Å². The molecule has 0 heterocycles. The highest BCUT2D eigenvalue weighted by Gasteiger charge is 1.63. The minimum Gasteiger partial charge on any atom is -0.288 e. The van der Waals surface area contributed by atoms with Crippen molar-refractivity contribution in [1.29, 1.82) is 0 Å². The van der Waals surface area contributed by atoms with Crippen molar-refractivity contribution in [3.05, 3.63) is 0 Å². The number of alkyl halides is 1. The van der Waals surface area contributed by atoms with Crippen LogP contribution in [0.3, 0.4) is 0 Å². The summed E-state index contributed by atoms with van der Waals surface area (Å²) >= 11 is 3.33. The van der Waals surface area contributed by atoms with Crippen LogP contribution in [-0.2, 0) is 4.79 Å².